The summed E-state index contributed by atoms with van der Waals surface area (Å²) in [6, 6.07) is 12.0. The molecule has 2 aliphatic rings. The summed E-state index contributed by atoms with van der Waals surface area (Å²) in [5.41, 5.74) is 6.73. The van der Waals surface area contributed by atoms with Crippen LogP contribution in [0.4, 0.5) is 5.69 Å². The van der Waals surface area contributed by atoms with Crippen LogP contribution in [0.25, 0.3) is 0 Å². The lowest BCUT2D eigenvalue weighted by molar-refractivity contribution is 0.0697. The number of anilines is 1. The molecule has 0 amide bonds. The second-order valence-corrected chi connectivity index (χ2v) is 6.95. The molecule has 1 heterocycles. The number of aromatic carboxylic acids is 1. The summed E-state index contributed by atoms with van der Waals surface area (Å²) in [4.78, 5) is 11.1. The molecule has 3 nitrogen and oxygen atoms in total. The largest absolute Gasteiger partial charge is 0.478 e. The van der Waals surface area contributed by atoms with Crippen molar-refractivity contribution in [1.29, 1.82) is 0 Å². The normalized spacial score (nSPS) is 24.2. The highest BCUT2D eigenvalue weighted by molar-refractivity contribution is 5.87. The van der Waals surface area contributed by atoms with Gasteiger partial charge >= 0.3 is 5.97 Å². The number of hydrogen-bond donors (Lipinski definition) is 2. The van der Waals surface area contributed by atoms with Crippen LogP contribution < -0.4 is 5.32 Å². The van der Waals surface area contributed by atoms with E-state index in [2.05, 4.69) is 43.4 Å². The average Bonchev–Trinajstić information content (AvgIpc) is 3.02. The van der Waals surface area contributed by atoms with Gasteiger partial charge in [0, 0.05) is 11.6 Å². The van der Waals surface area contributed by atoms with E-state index >= 15 is 0 Å². The Bertz CT molecular complexity index is 836. The van der Waals surface area contributed by atoms with Gasteiger partial charge in [0.05, 0.1) is 11.6 Å². The maximum Gasteiger partial charge on any atom is 0.335 e. The summed E-state index contributed by atoms with van der Waals surface area (Å²) < 4.78 is 0. The van der Waals surface area contributed by atoms with Crippen molar-refractivity contribution in [3.05, 3.63) is 76.4 Å². The lowest BCUT2D eigenvalue weighted by atomic mass is 9.75. The van der Waals surface area contributed by atoms with E-state index in [1.165, 1.54) is 22.4 Å². The van der Waals surface area contributed by atoms with E-state index in [0.717, 1.165) is 12.0 Å². The smallest absolute Gasteiger partial charge is 0.335 e. The highest BCUT2D eigenvalue weighted by Crippen LogP contribution is 2.50. The van der Waals surface area contributed by atoms with Crippen LogP contribution in [0.1, 0.15) is 51.0 Å². The van der Waals surface area contributed by atoms with Crippen molar-refractivity contribution in [3.8, 4) is 0 Å². The molecule has 0 unspecified atom stereocenters. The maximum absolute atomic E-state index is 11.1. The van der Waals surface area contributed by atoms with Gasteiger partial charge in [-0.15, -0.1) is 0 Å². The molecule has 0 aromatic heterocycles. The molecular formula is C21H21NO2. The van der Waals surface area contributed by atoms with Crippen molar-refractivity contribution in [3.63, 3.8) is 0 Å². The van der Waals surface area contributed by atoms with Gasteiger partial charge in [-0.3, -0.25) is 0 Å². The van der Waals surface area contributed by atoms with Crippen molar-refractivity contribution < 1.29 is 9.90 Å². The molecule has 4 rings (SSSR count). The highest BCUT2D eigenvalue weighted by atomic mass is 16.4. The minimum Gasteiger partial charge on any atom is -0.478 e. The number of rotatable bonds is 2. The number of carbonyl (C=O) groups is 1. The molecule has 0 fully saturated rings. The molecule has 0 saturated carbocycles. The van der Waals surface area contributed by atoms with Gasteiger partial charge in [0.15, 0.2) is 0 Å². The number of aryl methyl sites for hydroxylation is 2. The summed E-state index contributed by atoms with van der Waals surface area (Å²) in [6.45, 7) is 4.32. The molecular weight excluding hydrogens is 298 g/mol. The van der Waals surface area contributed by atoms with Gasteiger partial charge in [-0.25, -0.2) is 4.79 Å². The first-order chi connectivity index (χ1) is 11.5. The van der Waals surface area contributed by atoms with E-state index in [0.29, 0.717) is 17.4 Å². The zero-order valence-corrected chi connectivity index (χ0v) is 13.9. The molecule has 1 aliphatic carbocycles. The van der Waals surface area contributed by atoms with Crippen LogP contribution >= 0.6 is 0 Å². The van der Waals surface area contributed by atoms with E-state index in [-0.39, 0.29) is 6.04 Å². The number of hydrogen-bond acceptors (Lipinski definition) is 2. The molecule has 122 valence electrons. The fraction of sp³-hybridized carbons (Fsp3) is 0.286. The Hall–Kier alpha value is -2.55. The summed E-state index contributed by atoms with van der Waals surface area (Å²) >= 11 is 0. The molecule has 3 atom stereocenters. The van der Waals surface area contributed by atoms with E-state index in [9.17, 15) is 4.79 Å². The third-order valence-electron chi connectivity index (χ3n) is 5.33. The topological polar surface area (TPSA) is 49.3 Å². The Morgan fingerprint density at radius 2 is 1.92 bits per heavy atom. The minimum absolute atomic E-state index is 0.210. The van der Waals surface area contributed by atoms with Gasteiger partial charge in [-0.2, -0.15) is 0 Å². The summed E-state index contributed by atoms with van der Waals surface area (Å²) in [5.74, 6) is 0.0377. The quantitative estimate of drug-likeness (QED) is 0.780. The maximum atomic E-state index is 11.1. The molecule has 24 heavy (non-hydrogen) atoms. The fourth-order valence-electron chi connectivity index (χ4n) is 4.30. The van der Waals surface area contributed by atoms with Crippen LogP contribution in [0.2, 0.25) is 0 Å². The van der Waals surface area contributed by atoms with Gasteiger partial charge in [0.1, 0.15) is 0 Å². The first-order valence-electron chi connectivity index (χ1n) is 8.42. The number of carboxylic acid groups (broad SMARTS) is 1. The molecule has 1 aliphatic heterocycles. The Balaban J connectivity index is 1.76. The van der Waals surface area contributed by atoms with Crippen LogP contribution in [0.15, 0.2) is 48.6 Å². The standard InChI is InChI=1S/C21H21NO2/c1-12-10-13(2)19-16-4-3-5-17(16)20(22-18(19)11-12)14-6-8-15(9-7-14)21(23)24/h3-4,6-11,16-17,20,22H,5H2,1-2H3,(H,23,24)/t16-,17+,20+/m1/s1. The molecule has 0 saturated heterocycles. The number of benzene rings is 2. The van der Waals surface area contributed by atoms with Gasteiger partial charge in [-0.1, -0.05) is 30.4 Å². The molecule has 0 bridgehead atoms. The number of carboxylic acids is 1. The predicted molar refractivity (Wildman–Crippen MR) is 95.7 cm³/mol. The third-order valence-corrected chi connectivity index (χ3v) is 5.33. The van der Waals surface area contributed by atoms with E-state index < -0.39 is 5.97 Å². The molecule has 2 aromatic carbocycles. The van der Waals surface area contributed by atoms with Crippen LogP contribution in [0.3, 0.4) is 0 Å². The average molecular weight is 319 g/mol. The molecule has 3 heteroatoms. The van der Waals surface area contributed by atoms with E-state index in [4.69, 9.17) is 5.11 Å². The van der Waals surface area contributed by atoms with Crippen molar-refractivity contribution in [1.82, 2.24) is 0 Å². The number of allylic oxidation sites excluding steroid dienone is 2. The summed E-state index contributed by atoms with van der Waals surface area (Å²) in [7, 11) is 0. The lowest BCUT2D eigenvalue weighted by Crippen LogP contribution is -2.29. The first-order valence-corrected chi connectivity index (χ1v) is 8.42. The van der Waals surface area contributed by atoms with Gasteiger partial charge in [0.25, 0.3) is 0 Å². The van der Waals surface area contributed by atoms with E-state index in [1.807, 2.05) is 12.1 Å². The molecule has 2 aromatic rings. The van der Waals surface area contributed by atoms with Crippen molar-refractivity contribution in [2.24, 2.45) is 5.92 Å². The molecule has 0 spiro atoms. The van der Waals surface area contributed by atoms with Crippen LogP contribution in [-0.2, 0) is 0 Å². The monoisotopic (exact) mass is 319 g/mol. The summed E-state index contributed by atoms with van der Waals surface area (Å²) in [6.07, 6.45) is 5.67. The van der Waals surface area contributed by atoms with Gasteiger partial charge < -0.3 is 10.4 Å². The zero-order valence-electron chi connectivity index (χ0n) is 13.9. The van der Waals surface area contributed by atoms with Crippen LogP contribution in [-0.4, -0.2) is 11.1 Å². The second-order valence-electron chi connectivity index (χ2n) is 6.95. The van der Waals surface area contributed by atoms with Crippen molar-refractivity contribution in [2.45, 2.75) is 32.2 Å². The summed E-state index contributed by atoms with van der Waals surface area (Å²) in [5, 5.41) is 12.8. The van der Waals surface area contributed by atoms with Crippen LogP contribution in [0, 0.1) is 19.8 Å². The van der Waals surface area contributed by atoms with Gasteiger partial charge in [-0.05, 0) is 66.6 Å². The van der Waals surface area contributed by atoms with Crippen LogP contribution in [0.5, 0.6) is 0 Å². The Morgan fingerprint density at radius 1 is 1.17 bits per heavy atom. The molecule has 0 radical (unpaired) electrons. The third kappa shape index (κ3) is 2.32. The Kier molecular flexibility index (Phi) is 3.45. The van der Waals surface area contributed by atoms with E-state index in [1.54, 1.807) is 12.1 Å². The predicted octanol–water partition coefficient (Wildman–Crippen LogP) is 4.83. The van der Waals surface area contributed by atoms with Crippen molar-refractivity contribution >= 4 is 11.7 Å². The molecule has 2 N–H and O–H groups in total. The SMILES string of the molecule is Cc1cc(C)c2c(c1)N[C@@H](c1ccc(C(=O)O)cc1)[C@H]1CC=C[C@@H]21. The number of fused-ring (bicyclic) bond motifs is 3. The lowest BCUT2D eigenvalue weighted by Gasteiger charge is -2.38. The first kappa shape index (κ1) is 15.0. The zero-order chi connectivity index (χ0) is 16.8. The minimum atomic E-state index is -0.879. The van der Waals surface area contributed by atoms with Crippen molar-refractivity contribution in [2.75, 3.05) is 5.32 Å². The Labute approximate surface area is 142 Å². The number of nitrogens with one attached hydrogen (secondary N) is 1. The second kappa shape index (κ2) is 5.52. The van der Waals surface area contributed by atoms with Gasteiger partial charge in [0.2, 0.25) is 0 Å². The Morgan fingerprint density at radius 3 is 2.62 bits per heavy atom. The fourth-order valence-corrected chi connectivity index (χ4v) is 4.30. The highest BCUT2D eigenvalue weighted by Gasteiger charge is 2.38.